The molecular formula is C19H18N6O. The van der Waals surface area contributed by atoms with Gasteiger partial charge in [-0.3, -0.25) is 0 Å². The SMILES string of the molecule is COc1cc(-c2ccc(N3C[C@@H]4C(N)[C@@H]4C3)nc2)c2c(C#N)cnn2c1. The molecule has 0 bridgehead atoms. The molecule has 1 saturated carbocycles. The summed E-state index contributed by atoms with van der Waals surface area (Å²) in [6.45, 7) is 1.98. The molecule has 3 aromatic rings. The van der Waals surface area contributed by atoms with E-state index in [4.69, 9.17) is 10.5 Å². The summed E-state index contributed by atoms with van der Waals surface area (Å²) in [4.78, 5) is 6.95. The molecule has 7 nitrogen and oxygen atoms in total. The van der Waals surface area contributed by atoms with Crippen LogP contribution in [0.2, 0.25) is 0 Å². The molecule has 0 amide bonds. The maximum absolute atomic E-state index is 9.39. The van der Waals surface area contributed by atoms with Gasteiger partial charge in [-0.1, -0.05) is 0 Å². The van der Waals surface area contributed by atoms with Crippen molar-refractivity contribution in [3.8, 4) is 22.9 Å². The summed E-state index contributed by atoms with van der Waals surface area (Å²) in [5.41, 5.74) is 9.11. The minimum atomic E-state index is 0.377. The highest BCUT2D eigenvalue weighted by atomic mass is 16.5. The van der Waals surface area contributed by atoms with Crippen molar-refractivity contribution in [2.75, 3.05) is 25.1 Å². The van der Waals surface area contributed by atoms with Crippen LogP contribution < -0.4 is 15.4 Å². The van der Waals surface area contributed by atoms with Crippen molar-refractivity contribution in [1.82, 2.24) is 14.6 Å². The molecule has 2 N–H and O–H groups in total. The normalized spacial score (nSPS) is 23.7. The van der Waals surface area contributed by atoms with Crippen molar-refractivity contribution in [2.45, 2.75) is 6.04 Å². The first-order valence-electron chi connectivity index (χ1n) is 8.62. The standard InChI is InChI=1S/C19H18N6O/c1-26-13-4-14(19-12(5-20)7-23-25(19)8-13)11-2-3-17(22-6-11)24-9-15-16(10-24)18(15)21/h2-4,6-8,15-16,18H,9-10,21H2,1H3/t15-,16+,18?. The van der Waals surface area contributed by atoms with Gasteiger partial charge in [0, 0.05) is 36.5 Å². The summed E-state index contributed by atoms with van der Waals surface area (Å²) in [5.74, 6) is 2.90. The lowest BCUT2D eigenvalue weighted by Gasteiger charge is -2.20. The van der Waals surface area contributed by atoms with Gasteiger partial charge in [-0.2, -0.15) is 10.4 Å². The van der Waals surface area contributed by atoms with E-state index in [1.54, 1.807) is 24.0 Å². The van der Waals surface area contributed by atoms with Crippen LogP contribution in [0.25, 0.3) is 16.6 Å². The van der Waals surface area contributed by atoms with Crippen LogP contribution in [-0.4, -0.2) is 40.8 Å². The van der Waals surface area contributed by atoms with Gasteiger partial charge in [0.25, 0.3) is 0 Å². The van der Waals surface area contributed by atoms with Crippen molar-refractivity contribution in [2.24, 2.45) is 17.6 Å². The van der Waals surface area contributed by atoms with Crippen LogP contribution >= 0.6 is 0 Å². The smallest absolute Gasteiger partial charge is 0.137 e. The molecule has 5 rings (SSSR count). The number of nitrogens with zero attached hydrogens (tertiary/aromatic N) is 5. The fourth-order valence-electron chi connectivity index (χ4n) is 4.00. The summed E-state index contributed by atoms with van der Waals surface area (Å²) in [6, 6.07) is 8.56. The molecule has 2 aliphatic rings. The number of ether oxygens (including phenoxy) is 1. The summed E-state index contributed by atoms with van der Waals surface area (Å²) in [7, 11) is 1.62. The van der Waals surface area contributed by atoms with Crippen LogP contribution in [0, 0.1) is 23.2 Å². The van der Waals surface area contributed by atoms with E-state index in [1.807, 2.05) is 24.4 Å². The van der Waals surface area contributed by atoms with Gasteiger partial charge >= 0.3 is 0 Å². The van der Waals surface area contributed by atoms with E-state index in [0.29, 0.717) is 29.2 Å². The van der Waals surface area contributed by atoms with Gasteiger partial charge in [-0.25, -0.2) is 9.50 Å². The third kappa shape index (κ3) is 2.16. The van der Waals surface area contributed by atoms with Gasteiger partial charge in [0.1, 0.15) is 17.6 Å². The van der Waals surface area contributed by atoms with Crippen LogP contribution in [0.3, 0.4) is 0 Å². The number of hydrogen-bond donors (Lipinski definition) is 1. The van der Waals surface area contributed by atoms with Crippen LogP contribution in [0.5, 0.6) is 5.75 Å². The second-order valence-electron chi connectivity index (χ2n) is 6.97. The maximum Gasteiger partial charge on any atom is 0.137 e. The van der Waals surface area contributed by atoms with Crippen molar-refractivity contribution in [1.29, 1.82) is 5.26 Å². The lowest BCUT2D eigenvalue weighted by Crippen LogP contribution is -2.28. The van der Waals surface area contributed by atoms with Gasteiger partial charge in [-0.05, 0) is 30.0 Å². The van der Waals surface area contributed by atoms with E-state index < -0.39 is 0 Å². The number of methoxy groups -OCH3 is 1. The number of nitriles is 1. The number of pyridine rings is 2. The molecule has 1 saturated heterocycles. The average molecular weight is 346 g/mol. The average Bonchev–Trinajstić information content (AvgIpc) is 3.08. The van der Waals surface area contributed by atoms with Crippen molar-refractivity contribution in [3.63, 3.8) is 0 Å². The van der Waals surface area contributed by atoms with Crippen LogP contribution in [-0.2, 0) is 0 Å². The number of rotatable bonds is 3. The Hall–Kier alpha value is -3.11. The third-order valence-electron chi connectivity index (χ3n) is 5.59. The fraction of sp³-hybridized carbons (Fsp3) is 0.316. The molecule has 0 aromatic carbocycles. The van der Waals surface area contributed by atoms with Crippen LogP contribution in [0.4, 0.5) is 5.82 Å². The molecule has 4 heterocycles. The van der Waals surface area contributed by atoms with Crippen LogP contribution in [0.15, 0.2) is 36.8 Å². The topological polar surface area (TPSA) is 92.5 Å². The van der Waals surface area contributed by atoms with E-state index in [2.05, 4.69) is 21.1 Å². The number of hydrogen-bond acceptors (Lipinski definition) is 6. The van der Waals surface area contributed by atoms with E-state index in [-0.39, 0.29) is 0 Å². The molecular weight excluding hydrogens is 328 g/mol. The molecule has 0 spiro atoms. The highest BCUT2D eigenvalue weighted by Gasteiger charge is 2.53. The number of anilines is 1. The van der Waals surface area contributed by atoms with E-state index in [1.165, 1.54) is 0 Å². The zero-order chi connectivity index (χ0) is 17.8. The van der Waals surface area contributed by atoms with Gasteiger partial charge in [-0.15, -0.1) is 0 Å². The Morgan fingerprint density at radius 3 is 2.73 bits per heavy atom. The molecule has 2 fully saturated rings. The van der Waals surface area contributed by atoms with E-state index in [0.717, 1.165) is 35.6 Å². The largest absolute Gasteiger partial charge is 0.495 e. The first kappa shape index (κ1) is 15.2. The highest BCUT2D eigenvalue weighted by molar-refractivity contribution is 5.85. The van der Waals surface area contributed by atoms with Gasteiger partial charge in [0.05, 0.1) is 30.6 Å². The van der Waals surface area contributed by atoms with Crippen LogP contribution in [0.1, 0.15) is 5.56 Å². The zero-order valence-electron chi connectivity index (χ0n) is 14.3. The Bertz CT molecular complexity index is 1020. The number of nitrogens with two attached hydrogens (primary N) is 1. The molecule has 26 heavy (non-hydrogen) atoms. The monoisotopic (exact) mass is 346 g/mol. The van der Waals surface area contributed by atoms with Gasteiger partial charge in [0.2, 0.25) is 0 Å². The summed E-state index contributed by atoms with van der Waals surface area (Å²) < 4.78 is 7.05. The number of fused-ring (bicyclic) bond motifs is 2. The van der Waals surface area contributed by atoms with Crippen molar-refractivity contribution >= 4 is 11.3 Å². The first-order valence-corrected chi connectivity index (χ1v) is 8.62. The van der Waals surface area contributed by atoms with Gasteiger partial charge < -0.3 is 15.4 Å². The maximum atomic E-state index is 9.39. The first-order chi connectivity index (χ1) is 12.7. The number of aromatic nitrogens is 3. The molecule has 1 aliphatic heterocycles. The molecule has 3 aromatic heterocycles. The Kier molecular flexibility index (Phi) is 3.18. The predicted octanol–water partition coefficient (Wildman–Crippen LogP) is 1.67. The fourth-order valence-corrected chi connectivity index (χ4v) is 4.00. The zero-order valence-corrected chi connectivity index (χ0v) is 14.3. The molecule has 7 heteroatoms. The van der Waals surface area contributed by atoms with Crippen molar-refractivity contribution < 1.29 is 4.74 Å². The lowest BCUT2D eigenvalue weighted by atomic mass is 10.1. The minimum Gasteiger partial charge on any atom is -0.495 e. The molecule has 130 valence electrons. The molecule has 0 radical (unpaired) electrons. The van der Waals surface area contributed by atoms with Gasteiger partial charge in [0.15, 0.2) is 0 Å². The Labute approximate surface area is 150 Å². The summed E-state index contributed by atoms with van der Waals surface area (Å²) in [5, 5.41) is 13.7. The third-order valence-corrected chi connectivity index (χ3v) is 5.59. The van der Waals surface area contributed by atoms with E-state index >= 15 is 0 Å². The number of piperidine rings is 1. The summed E-state index contributed by atoms with van der Waals surface area (Å²) in [6.07, 6.45) is 5.18. The highest BCUT2D eigenvalue weighted by Crippen LogP contribution is 2.45. The molecule has 3 atom stereocenters. The molecule has 1 unspecified atom stereocenters. The Morgan fingerprint density at radius 1 is 1.27 bits per heavy atom. The Balaban J connectivity index is 1.53. The summed E-state index contributed by atoms with van der Waals surface area (Å²) >= 11 is 0. The van der Waals surface area contributed by atoms with E-state index in [9.17, 15) is 5.26 Å². The Morgan fingerprint density at radius 2 is 2.08 bits per heavy atom. The van der Waals surface area contributed by atoms with Crippen molar-refractivity contribution in [3.05, 3.63) is 42.4 Å². The predicted molar refractivity (Wildman–Crippen MR) is 96.9 cm³/mol. The minimum absolute atomic E-state index is 0.377. The lowest BCUT2D eigenvalue weighted by molar-refractivity contribution is 0.412. The quantitative estimate of drug-likeness (QED) is 0.775. The second kappa shape index (κ2) is 5.44. The molecule has 1 aliphatic carbocycles. The second-order valence-corrected chi connectivity index (χ2v) is 6.97.